The summed E-state index contributed by atoms with van der Waals surface area (Å²) in [4.78, 5) is 70.6. The minimum absolute atomic E-state index is 0.00342. The summed E-state index contributed by atoms with van der Waals surface area (Å²) < 4.78 is 22.6. The Morgan fingerprint density at radius 2 is 0.973 bits per heavy atom. The van der Waals surface area contributed by atoms with E-state index in [2.05, 4.69) is 43.6 Å². The molecule has 0 aromatic carbocycles. The molecule has 0 aromatic rings. The molecule has 1 unspecified atom stereocenters. The minimum atomic E-state index is -1.14. The number of amides is 2. The molecule has 424 valence electrons. The summed E-state index contributed by atoms with van der Waals surface area (Å²) in [6.07, 6.45) is 40.7. The van der Waals surface area contributed by atoms with Crippen LogP contribution in [0.4, 0.5) is 9.59 Å². The zero-order chi connectivity index (χ0) is 54.1. The predicted octanol–water partition coefficient (Wildman–Crippen LogP) is 14.2. The van der Waals surface area contributed by atoms with E-state index >= 15 is 0 Å². The molecule has 0 spiro atoms. The van der Waals surface area contributed by atoms with Crippen LogP contribution in [0, 0.1) is 0 Å². The van der Waals surface area contributed by atoms with E-state index in [1.807, 2.05) is 0 Å². The Morgan fingerprint density at radius 3 is 1.42 bits per heavy atom. The average Bonchev–Trinajstić information content (AvgIpc) is 3.40. The van der Waals surface area contributed by atoms with Crippen LogP contribution in [0.5, 0.6) is 0 Å². The van der Waals surface area contributed by atoms with Gasteiger partial charge < -0.3 is 29.0 Å². The van der Waals surface area contributed by atoms with Gasteiger partial charge in [0, 0.05) is 19.5 Å². The number of carbonyl (C=O) groups excluding carboxylic acids is 4. The molecule has 0 saturated carbocycles. The number of esters is 2. The molecule has 1 saturated heterocycles. The number of nitrogens with one attached hydrogen (secondary N) is 1. The summed E-state index contributed by atoms with van der Waals surface area (Å²) in [6, 6.07) is -1.14. The zero-order valence-electron chi connectivity index (χ0n) is 47.9. The van der Waals surface area contributed by atoms with E-state index in [-0.39, 0.29) is 71.9 Å². The lowest BCUT2D eigenvalue weighted by molar-refractivity contribution is -0.903. The van der Waals surface area contributed by atoms with Crippen molar-refractivity contribution >= 4 is 30.1 Å². The Hall–Kier alpha value is -3.49. The molecule has 1 heterocycles. The Labute approximate surface area is 445 Å². The fraction of sp³-hybridized carbons (Fsp3) is 0.847. The van der Waals surface area contributed by atoms with E-state index < -0.39 is 51.9 Å². The number of quaternary nitrogens is 1. The quantitative estimate of drug-likeness (QED) is 0.0197. The number of carboxylic acid groups (broad SMARTS) is 1. The van der Waals surface area contributed by atoms with Crippen molar-refractivity contribution < 1.29 is 52.6 Å². The number of allylic oxidation sites excluding steroid dienone is 4. The van der Waals surface area contributed by atoms with E-state index in [1.165, 1.54) is 108 Å². The average molecular weight is 1030 g/mol. The summed E-state index contributed by atoms with van der Waals surface area (Å²) >= 11 is 0. The molecule has 14 nitrogen and oxygen atoms in total. The zero-order valence-corrected chi connectivity index (χ0v) is 47.9. The number of aliphatic carboxylic acids is 1. The van der Waals surface area contributed by atoms with Gasteiger partial charge in [0.15, 0.2) is 6.04 Å². The van der Waals surface area contributed by atoms with Gasteiger partial charge in [-0.2, -0.15) is 4.79 Å². The highest BCUT2D eigenvalue weighted by atomic mass is 16.6. The molecule has 1 fully saturated rings. The van der Waals surface area contributed by atoms with Gasteiger partial charge in [-0.05, 0) is 112 Å². The van der Waals surface area contributed by atoms with E-state index in [1.54, 1.807) is 46.4 Å². The van der Waals surface area contributed by atoms with Gasteiger partial charge in [-0.3, -0.25) is 19.3 Å². The van der Waals surface area contributed by atoms with E-state index in [4.69, 9.17) is 18.9 Å². The molecule has 1 aliphatic rings. The summed E-state index contributed by atoms with van der Waals surface area (Å²) in [5.74, 6) is -2.12. The summed E-state index contributed by atoms with van der Waals surface area (Å²) in [5.41, 5.74) is 1.54. The SMILES string of the molecule is CCCCCCCC/C=C\CCCCCCCCOC(=O)CC[C@H](N[N+]1(C(=O)OC(C)(C)C)CCN(CC(=O)O)CCN(C(=O)OC(C)(C)C)CC1)C(=O)OCCCCCCCC/C=C\CCCCCCCC. The van der Waals surface area contributed by atoms with Crippen molar-refractivity contribution in [3.8, 4) is 0 Å². The molecular weight excluding hydrogens is 925 g/mol. The van der Waals surface area contributed by atoms with Crippen LogP contribution >= 0.6 is 0 Å². The van der Waals surface area contributed by atoms with Crippen molar-refractivity contribution in [2.45, 2.75) is 265 Å². The van der Waals surface area contributed by atoms with Crippen molar-refractivity contribution in [2.24, 2.45) is 0 Å². The number of unbranched alkanes of at least 4 members (excludes halogenated alkanes) is 24. The van der Waals surface area contributed by atoms with E-state index in [0.717, 1.165) is 70.6 Å². The van der Waals surface area contributed by atoms with Crippen molar-refractivity contribution in [3.63, 3.8) is 0 Å². The molecule has 1 rings (SSSR count). The Bertz CT molecular complexity index is 1520. The van der Waals surface area contributed by atoms with Gasteiger partial charge in [0.25, 0.3) is 0 Å². The molecule has 0 bridgehead atoms. The monoisotopic (exact) mass is 1030 g/mol. The van der Waals surface area contributed by atoms with Crippen LogP contribution in [0.2, 0.25) is 0 Å². The lowest BCUT2D eigenvalue weighted by Gasteiger charge is -2.39. The van der Waals surface area contributed by atoms with Gasteiger partial charge in [-0.1, -0.05) is 154 Å². The van der Waals surface area contributed by atoms with Crippen LogP contribution in [-0.4, -0.2) is 126 Å². The highest BCUT2D eigenvalue weighted by molar-refractivity contribution is 5.77. The summed E-state index contributed by atoms with van der Waals surface area (Å²) in [6.45, 7) is 15.6. The van der Waals surface area contributed by atoms with Gasteiger partial charge in [0.1, 0.15) is 24.3 Å². The third-order valence-corrected chi connectivity index (χ3v) is 13.1. The van der Waals surface area contributed by atoms with Crippen molar-refractivity contribution in [1.29, 1.82) is 0 Å². The van der Waals surface area contributed by atoms with Gasteiger partial charge in [-0.25, -0.2) is 4.79 Å². The van der Waals surface area contributed by atoms with Crippen LogP contribution in [0.15, 0.2) is 24.3 Å². The van der Waals surface area contributed by atoms with Gasteiger partial charge >= 0.3 is 30.1 Å². The van der Waals surface area contributed by atoms with E-state index in [0.29, 0.717) is 6.42 Å². The minimum Gasteiger partial charge on any atom is -0.480 e. The van der Waals surface area contributed by atoms with E-state index in [9.17, 15) is 29.1 Å². The topological polar surface area (TPSA) is 161 Å². The standard InChI is InChI=1S/C59H108N4O10/c1-9-11-13-15-17-19-21-23-25-27-29-31-33-35-37-39-49-70-54(66)42-41-52(55(67)71-50-40-38-36-34-32-30-28-26-24-22-20-18-16-14-12-10-2)60-63(57(69)73-59(6,7)8)47-45-61(51-53(64)65)43-44-62(46-48-63)56(68)72-58(3,4)5/h23-26,52,60H,9-22,27-51H2,1-8H3/p+1/b25-23-,26-24-/t52-,63?/m0/s1. The molecule has 1 aliphatic heterocycles. The normalized spacial score (nSPS) is 16.5. The molecule has 73 heavy (non-hydrogen) atoms. The Balaban J connectivity index is 2.98. The van der Waals surface area contributed by atoms with Gasteiger partial charge in [-0.15, -0.1) is 10.0 Å². The summed E-state index contributed by atoms with van der Waals surface area (Å²) in [7, 11) is 0. The van der Waals surface area contributed by atoms with Gasteiger partial charge in [0.2, 0.25) is 0 Å². The number of hydrogen-bond acceptors (Lipinski definition) is 11. The predicted molar refractivity (Wildman–Crippen MR) is 295 cm³/mol. The first kappa shape index (κ1) is 67.5. The van der Waals surface area contributed by atoms with Crippen LogP contribution < -0.4 is 5.43 Å². The summed E-state index contributed by atoms with van der Waals surface area (Å²) in [5, 5.41) is 9.82. The number of carbonyl (C=O) groups is 5. The number of hydrogen-bond donors (Lipinski definition) is 2. The second-order valence-electron chi connectivity index (χ2n) is 22.5. The Kier molecular flexibility index (Phi) is 38.6. The maximum Gasteiger partial charge on any atom is 0.536 e. The lowest BCUT2D eigenvalue weighted by atomic mass is 10.1. The molecule has 14 heteroatoms. The first-order chi connectivity index (χ1) is 34.9. The molecule has 2 atom stereocenters. The lowest BCUT2D eigenvalue weighted by Crippen LogP contribution is -2.69. The molecule has 2 N–H and O–H groups in total. The molecule has 0 aliphatic carbocycles. The van der Waals surface area contributed by atoms with Gasteiger partial charge in [0.05, 0.1) is 32.8 Å². The third-order valence-electron chi connectivity index (χ3n) is 13.1. The largest absolute Gasteiger partial charge is 0.536 e. The second kappa shape index (κ2) is 41.7. The van der Waals surface area contributed by atoms with Crippen LogP contribution in [0.3, 0.4) is 0 Å². The van der Waals surface area contributed by atoms with Crippen LogP contribution in [0.25, 0.3) is 0 Å². The molecule has 0 aromatic heterocycles. The van der Waals surface area contributed by atoms with Crippen molar-refractivity contribution in [2.75, 3.05) is 59.0 Å². The highest BCUT2D eigenvalue weighted by Gasteiger charge is 2.46. The fourth-order valence-corrected chi connectivity index (χ4v) is 8.80. The van der Waals surface area contributed by atoms with Crippen LogP contribution in [-0.2, 0) is 33.3 Å². The highest BCUT2D eigenvalue weighted by Crippen LogP contribution is 2.21. The number of ether oxygens (including phenoxy) is 4. The molecular formula is C59H109N4O10+. The first-order valence-electron chi connectivity index (χ1n) is 29.3. The number of nitrogens with zero attached hydrogens (tertiary/aromatic N) is 3. The maximum absolute atomic E-state index is 14.5. The first-order valence-corrected chi connectivity index (χ1v) is 29.3. The van der Waals surface area contributed by atoms with Crippen molar-refractivity contribution in [3.05, 3.63) is 24.3 Å². The smallest absolute Gasteiger partial charge is 0.480 e. The third kappa shape index (κ3) is 37.8. The van der Waals surface area contributed by atoms with Crippen molar-refractivity contribution in [1.82, 2.24) is 15.2 Å². The second-order valence-corrected chi connectivity index (χ2v) is 22.5. The van der Waals surface area contributed by atoms with Crippen LogP contribution in [0.1, 0.15) is 248 Å². The Morgan fingerprint density at radius 1 is 0.548 bits per heavy atom. The molecule has 2 amide bonds. The molecule has 0 radical (unpaired) electrons. The fourth-order valence-electron chi connectivity index (χ4n) is 8.80. The number of rotatable bonds is 40. The maximum atomic E-state index is 14.5. The number of carboxylic acids is 1.